The minimum Gasteiger partial charge on any atom is -0.467 e. The third-order valence-corrected chi connectivity index (χ3v) is 3.90. The monoisotopic (exact) mass is 282 g/mol. The zero-order valence-corrected chi connectivity index (χ0v) is 12.3. The van der Waals surface area contributed by atoms with Crippen LogP contribution >= 0.6 is 0 Å². The van der Waals surface area contributed by atoms with Crippen LogP contribution in [0.3, 0.4) is 0 Å². The molecular formula is C18H22N2O. The van der Waals surface area contributed by atoms with E-state index >= 15 is 0 Å². The first-order chi connectivity index (χ1) is 10.4. The summed E-state index contributed by atoms with van der Waals surface area (Å²) < 4.78 is 5.63. The predicted molar refractivity (Wildman–Crippen MR) is 85.5 cm³/mol. The van der Waals surface area contributed by atoms with Gasteiger partial charge in [0.05, 0.1) is 12.1 Å². The van der Waals surface area contributed by atoms with E-state index < -0.39 is 0 Å². The van der Waals surface area contributed by atoms with Crippen molar-refractivity contribution in [2.24, 2.45) is 4.99 Å². The molecule has 0 saturated carbocycles. The summed E-state index contributed by atoms with van der Waals surface area (Å²) in [6, 6.07) is 14.4. The minimum absolute atomic E-state index is 0.0411. The van der Waals surface area contributed by atoms with Gasteiger partial charge in [0.15, 0.2) is 0 Å². The van der Waals surface area contributed by atoms with Gasteiger partial charge in [0, 0.05) is 13.0 Å². The van der Waals surface area contributed by atoms with Crippen molar-refractivity contribution in [3.8, 4) is 0 Å². The number of furan rings is 1. The maximum Gasteiger partial charge on any atom is 0.130 e. The second-order valence-electron chi connectivity index (χ2n) is 5.50. The number of rotatable bonds is 3. The molecule has 1 aromatic heterocycles. The molecule has 1 aliphatic rings. The fourth-order valence-electron chi connectivity index (χ4n) is 2.76. The number of hydrogen-bond acceptors (Lipinski definition) is 3. The van der Waals surface area contributed by atoms with Crippen LogP contribution in [-0.4, -0.2) is 12.4 Å². The van der Waals surface area contributed by atoms with Crippen LogP contribution in [0, 0.1) is 0 Å². The number of nitrogens with one attached hydrogen (secondary N) is 1. The highest BCUT2D eigenvalue weighted by atomic mass is 16.3. The second-order valence-corrected chi connectivity index (χ2v) is 5.50. The Bertz CT molecular complexity index is 560. The van der Waals surface area contributed by atoms with Crippen molar-refractivity contribution >= 4 is 5.84 Å². The quantitative estimate of drug-likeness (QED) is 0.910. The van der Waals surface area contributed by atoms with E-state index in [1.54, 1.807) is 6.26 Å². The Morgan fingerprint density at radius 2 is 1.81 bits per heavy atom. The Labute approximate surface area is 126 Å². The number of benzene rings is 1. The van der Waals surface area contributed by atoms with Crippen LogP contribution in [-0.2, 0) is 0 Å². The van der Waals surface area contributed by atoms with Gasteiger partial charge in [0.2, 0.25) is 0 Å². The van der Waals surface area contributed by atoms with E-state index in [1.165, 1.54) is 31.2 Å². The molecule has 0 radical (unpaired) electrons. The van der Waals surface area contributed by atoms with Gasteiger partial charge in [-0.1, -0.05) is 43.2 Å². The Morgan fingerprint density at radius 1 is 0.952 bits per heavy atom. The topological polar surface area (TPSA) is 37.5 Å². The fourth-order valence-corrected chi connectivity index (χ4v) is 2.76. The highest BCUT2D eigenvalue weighted by Gasteiger charge is 2.18. The Hall–Kier alpha value is -2.03. The first-order valence-electron chi connectivity index (χ1n) is 7.82. The van der Waals surface area contributed by atoms with Gasteiger partial charge in [-0.15, -0.1) is 0 Å². The largest absolute Gasteiger partial charge is 0.467 e. The molecule has 0 spiro atoms. The molecule has 3 nitrogen and oxygen atoms in total. The molecule has 0 aliphatic carbocycles. The fraction of sp³-hybridized carbons (Fsp3) is 0.389. The van der Waals surface area contributed by atoms with Crippen molar-refractivity contribution in [2.75, 3.05) is 6.54 Å². The van der Waals surface area contributed by atoms with Crippen LogP contribution in [0.1, 0.15) is 49.5 Å². The van der Waals surface area contributed by atoms with Crippen molar-refractivity contribution < 1.29 is 4.42 Å². The van der Waals surface area contributed by atoms with Crippen molar-refractivity contribution in [3.05, 3.63) is 60.1 Å². The molecule has 110 valence electrons. The normalized spacial score (nSPS) is 17.4. The van der Waals surface area contributed by atoms with Gasteiger partial charge in [0.25, 0.3) is 0 Å². The molecule has 1 N–H and O–H groups in total. The van der Waals surface area contributed by atoms with Crippen LogP contribution in [0.5, 0.6) is 0 Å². The third kappa shape index (κ3) is 3.75. The summed E-state index contributed by atoms with van der Waals surface area (Å²) in [7, 11) is 0. The molecule has 0 saturated heterocycles. The number of amidine groups is 1. The van der Waals surface area contributed by atoms with Crippen LogP contribution in [0.2, 0.25) is 0 Å². The predicted octanol–water partition coefficient (Wildman–Crippen LogP) is 4.32. The summed E-state index contributed by atoms with van der Waals surface area (Å²) in [6.45, 7) is 0.933. The molecule has 0 fully saturated rings. The van der Waals surface area contributed by atoms with E-state index in [2.05, 4.69) is 29.6 Å². The summed E-state index contributed by atoms with van der Waals surface area (Å²) >= 11 is 0. The molecule has 1 atom stereocenters. The molecule has 0 unspecified atom stereocenters. The van der Waals surface area contributed by atoms with E-state index in [9.17, 15) is 0 Å². The van der Waals surface area contributed by atoms with E-state index in [0.29, 0.717) is 0 Å². The highest BCUT2D eigenvalue weighted by molar-refractivity contribution is 5.83. The van der Waals surface area contributed by atoms with E-state index in [0.717, 1.165) is 24.6 Å². The van der Waals surface area contributed by atoms with Crippen LogP contribution < -0.4 is 5.32 Å². The summed E-state index contributed by atoms with van der Waals surface area (Å²) in [6.07, 6.45) is 7.78. The smallest absolute Gasteiger partial charge is 0.130 e. The molecule has 1 aromatic carbocycles. The number of aliphatic imine (C=N–C) groups is 1. The maximum absolute atomic E-state index is 5.63. The molecule has 0 bridgehead atoms. The van der Waals surface area contributed by atoms with Crippen molar-refractivity contribution in [2.45, 2.75) is 38.1 Å². The van der Waals surface area contributed by atoms with Gasteiger partial charge in [-0.25, -0.2) is 0 Å². The average molecular weight is 282 g/mol. The van der Waals surface area contributed by atoms with E-state index in [4.69, 9.17) is 9.41 Å². The molecule has 3 heteroatoms. The Balaban J connectivity index is 1.82. The lowest BCUT2D eigenvalue weighted by atomic mass is 10.0. The van der Waals surface area contributed by atoms with Gasteiger partial charge in [-0.2, -0.15) is 0 Å². The van der Waals surface area contributed by atoms with Crippen molar-refractivity contribution in [1.29, 1.82) is 0 Å². The molecule has 2 aromatic rings. The summed E-state index contributed by atoms with van der Waals surface area (Å²) in [5.41, 5.74) is 1.21. The Morgan fingerprint density at radius 3 is 2.62 bits per heavy atom. The van der Waals surface area contributed by atoms with Crippen molar-refractivity contribution in [3.63, 3.8) is 0 Å². The average Bonchev–Trinajstić information content (AvgIpc) is 3.01. The summed E-state index contributed by atoms with van der Waals surface area (Å²) in [5.74, 6) is 2.05. The molecule has 2 heterocycles. The Kier molecular flexibility index (Phi) is 4.72. The van der Waals surface area contributed by atoms with Gasteiger partial charge in [-0.3, -0.25) is 4.99 Å². The third-order valence-electron chi connectivity index (χ3n) is 3.90. The van der Waals surface area contributed by atoms with Gasteiger partial charge >= 0.3 is 0 Å². The minimum atomic E-state index is 0.0411. The lowest BCUT2D eigenvalue weighted by Crippen LogP contribution is -2.29. The summed E-state index contributed by atoms with van der Waals surface area (Å²) in [4.78, 5) is 4.72. The number of nitrogens with zero attached hydrogens (tertiary/aromatic N) is 1. The lowest BCUT2D eigenvalue weighted by Gasteiger charge is -2.21. The second kappa shape index (κ2) is 7.11. The molecule has 21 heavy (non-hydrogen) atoms. The molecule has 1 aliphatic heterocycles. The van der Waals surface area contributed by atoms with Gasteiger partial charge in [0.1, 0.15) is 11.8 Å². The SMILES string of the molecule is c1ccc([C@@H](NC2=NCCCCCC2)c2ccco2)cc1. The van der Waals surface area contributed by atoms with Crippen LogP contribution in [0.25, 0.3) is 0 Å². The van der Waals surface area contributed by atoms with Gasteiger partial charge in [-0.05, 0) is 30.5 Å². The lowest BCUT2D eigenvalue weighted by molar-refractivity contribution is 0.472. The summed E-state index contributed by atoms with van der Waals surface area (Å²) in [5, 5.41) is 3.60. The molecular weight excluding hydrogens is 260 g/mol. The zero-order valence-electron chi connectivity index (χ0n) is 12.3. The molecule has 0 amide bonds. The van der Waals surface area contributed by atoms with Crippen LogP contribution in [0.4, 0.5) is 0 Å². The zero-order chi connectivity index (χ0) is 14.3. The van der Waals surface area contributed by atoms with E-state index in [1.807, 2.05) is 18.2 Å². The van der Waals surface area contributed by atoms with E-state index in [-0.39, 0.29) is 6.04 Å². The molecule has 3 rings (SSSR count). The standard InChI is InChI=1S/C18H22N2O/c1-2-7-13-19-17(12-6-1)20-18(16-11-8-14-21-16)15-9-4-3-5-10-15/h3-5,8-11,14,18H,1-2,6-7,12-13H2,(H,19,20)/t18-/m1/s1. The maximum atomic E-state index is 5.63. The van der Waals surface area contributed by atoms with Crippen molar-refractivity contribution in [1.82, 2.24) is 5.32 Å². The highest BCUT2D eigenvalue weighted by Crippen LogP contribution is 2.23. The van der Waals surface area contributed by atoms with Gasteiger partial charge < -0.3 is 9.73 Å². The van der Waals surface area contributed by atoms with Crippen LogP contribution in [0.15, 0.2) is 58.1 Å². The first kappa shape index (κ1) is 13.9. The number of hydrogen-bond donors (Lipinski definition) is 1. The first-order valence-corrected chi connectivity index (χ1v) is 7.82.